The van der Waals surface area contributed by atoms with E-state index in [4.69, 9.17) is 16.6 Å². The molecule has 0 unspecified atom stereocenters. The van der Waals surface area contributed by atoms with Crippen LogP contribution < -0.4 is 11.5 Å². The first-order valence-corrected chi connectivity index (χ1v) is 5.99. The number of nitrogens with two attached hydrogens (primary N) is 2. The lowest BCUT2D eigenvalue weighted by Crippen LogP contribution is -2.32. The number of nitrogen functional groups attached to an aromatic ring is 1. The van der Waals surface area contributed by atoms with Crippen LogP contribution in [0, 0.1) is 0 Å². The molecule has 0 aromatic heterocycles. The van der Waals surface area contributed by atoms with E-state index in [0.717, 1.165) is 22.4 Å². The van der Waals surface area contributed by atoms with Crippen LogP contribution in [0.5, 0.6) is 0 Å². The van der Waals surface area contributed by atoms with Gasteiger partial charge in [0.1, 0.15) is 6.04 Å². The van der Waals surface area contributed by atoms with Gasteiger partial charge in [-0.05, 0) is 35.2 Å². The number of aliphatic carboxylic acids is 1. The van der Waals surface area contributed by atoms with E-state index in [1.807, 2.05) is 48.5 Å². The number of hydrogen-bond donors (Lipinski definition) is 3. The van der Waals surface area contributed by atoms with Crippen molar-refractivity contribution in [3.63, 3.8) is 0 Å². The highest BCUT2D eigenvalue weighted by atomic mass is 16.4. The summed E-state index contributed by atoms with van der Waals surface area (Å²) in [6, 6.07) is 14.4. The minimum Gasteiger partial charge on any atom is -0.480 e. The van der Waals surface area contributed by atoms with Gasteiger partial charge >= 0.3 is 5.97 Å². The summed E-state index contributed by atoms with van der Waals surface area (Å²) in [6.07, 6.45) is 0.331. The van der Waals surface area contributed by atoms with Crippen LogP contribution in [0.1, 0.15) is 5.56 Å². The number of carbonyl (C=O) groups is 1. The zero-order valence-electron chi connectivity index (χ0n) is 10.4. The van der Waals surface area contributed by atoms with Crippen molar-refractivity contribution in [1.29, 1.82) is 0 Å². The van der Waals surface area contributed by atoms with Crippen LogP contribution in [-0.4, -0.2) is 17.1 Å². The summed E-state index contributed by atoms with van der Waals surface area (Å²) in [7, 11) is 0. The van der Waals surface area contributed by atoms with Crippen molar-refractivity contribution < 1.29 is 9.90 Å². The Bertz CT molecular complexity index is 562. The molecule has 0 radical (unpaired) electrons. The predicted molar refractivity (Wildman–Crippen MR) is 75.6 cm³/mol. The number of rotatable bonds is 4. The molecule has 0 aliphatic carbocycles. The lowest BCUT2D eigenvalue weighted by molar-refractivity contribution is -0.138. The fourth-order valence-corrected chi connectivity index (χ4v) is 1.85. The molecule has 0 spiro atoms. The Morgan fingerprint density at radius 2 is 1.47 bits per heavy atom. The average Bonchev–Trinajstić information content (AvgIpc) is 2.40. The second-order valence-electron chi connectivity index (χ2n) is 4.47. The van der Waals surface area contributed by atoms with Crippen molar-refractivity contribution in [2.24, 2.45) is 5.73 Å². The van der Waals surface area contributed by atoms with Crippen LogP contribution in [0.25, 0.3) is 11.1 Å². The van der Waals surface area contributed by atoms with Crippen LogP contribution in [0.3, 0.4) is 0 Å². The Morgan fingerprint density at radius 1 is 1.00 bits per heavy atom. The van der Waals surface area contributed by atoms with E-state index < -0.39 is 12.0 Å². The van der Waals surface area contributed by atoms with Crippen LogP contribution in [-0.2, 0) is 11.2 Å². The second kappa shape index (κ2) is 5.54. The molecule has 98 valence electrons. The highest BCUT2D eigenvalue weighted by molar-refractivity contribution is 5.73. The van der Waals surface area contributed by atoms with Gasteiger partial charge in [-0.1, -0.05) is 36.4 Å². The van der Waals surface area contributed by atoms with E-state index in [-0.39, 0.29) is 0 Å². The van der Waals surface area contributed by atoms with Crippen molar-refractivity contribution in [3.05, 3.63) is 54.1 Å². The number of hydrogen-bond acceptors (Lipinski definition) is 3. The summed E-state index contributed by atoms with van der Waals surface area (Å²) in [5, 5.41) is 8.77. The molecule has 2 aromatic carbocycles. The van der Waals surface area contributed by atoms with Crippen molar-refractivity contribution in [3.8, 4) is 11.1 Å². The third-order valence-electron chi connectivity index (χ3n) is 2.97. The Balaban J connectivity index is 2.14. The molecule has 0 bridgehead atoms. The first-order chi connectivity index (χ1) is 9.06. The molecule has 0 saturated heterocycles. The summed E-state index contributed by atoms with van der Waals surface area (Å²) in [5.41, 5.74) is 14.9. The van der Waals surface area contributed by atoms with Crippen LogP contribution in [0.15, 0.2) is 48.5 Å². The summed E-state index contributed by atoms with van der Waals surface area (Å²) in [5.74, 6) is -0.984. The molecular formula is C15H16N2O2. The largest absolute Gasteiger partial charge is 0.480 e. The quantitative estimate of drug-likeness (QED) is 0.729. The maximum Gasteiger partial charge on any atom is 0.320 e. The van der Waals surface area contributed by atoms with Gasteiger partial charge in [-0.25, -0.2) is 0 Å². The Labute approximate surface area is 111 Å². The molecule has 0 aliphatic rings. The van der Waals surface area contributed by atoms with Gasteiger partial charge in [-0.3, -0.25) is 4.79 Å². The standard InChI is InChI=1S/C15H16N2O2/c16-13-7-5-12(6-8-13)11-3-1-10(2-4-11)9-14(17)15(18)19/h1-8,14H,9,16-17H2,(H,18,19)/t14-/m0/s1. The Morgan fingerprint density at radius 3 is 1.95 bits per heavy atom. The topological polar surface area (TPSA) is 89.3 Å². The van der Waals surface area contributed by atoms with Crippen molar-refractivity contribution in [2.75, 3.05) is 5.73 Å². The van der Waals surface area contributed by atoms with E-state index in [1.54, 1.807) is 0 Å². The third kappa shape index (κ3) is 3.33. The first kappa shape index (κ1) is 13.1. The van der Waals surface area contributed by atoms with Gasteiger partial charge in [0.15, 0.2) is 0 Å². The van der Waals surface area contributed by atoms with E-state index >= 15 is 0 Å². The Kier molecular flexibility index (Phi) is 3.82. The zero-order chi connectivity index (χ0) is 13.8. The van der Waals surface area contributed by atoms with Gasteiger partial charge in [0, 0.05) is 5.69 Å². The van der Waals surface area contributed by atoms with Crippen LogP contribution in [0.4, 0.5) is 5.69 Å². The molecule has 2 rings (SSSR count). The minimum atomic E-state index is -0.984. The van der Waals surface area contributed by atoms with E-state index in [1.165, 1.54) is 0 Å². The lowest BCUT2D eigenvalue weighted by atomic mass is 10.0. The SMILES string of the molecule is Nc1ccc(-c2ccc(C[C@H](N)C(=O)O)cc2)cc1. The molecule has 4 heteroatoms. The molecule has 0 aliphatic heterocycles. The first-order valence-electron chi connectivity index (χ1n) is 5.99. The zero-order valence-corrected chi connectivity index (χ0v) is 10.4. The monoisotopic (exact) mass is 256 g/mol. The smallest absolute Gasteiger partial charge is 0.320 e. The molecule has 0 heterocycles. The van der Waals surface area contributed by atoms with Gasteiger partial charge in [0.05, 0.1) is 0 Å². The predicted octanol–water partition coefficient (Wildman–Crippen LogP) is 1.89. The molecule has 5 N–H and O–H groups in total. The van der Waals surface area contributed by atoms with Gasteiger partial charge in [-0.2, -0.15) is 0 Å². The third-order valence-corrected chi connectivity index (χ3v) is 2.97. The van der Waals surface area contributed by atoms with Gasteiger partial charge < -0.3 is 16.6 Å². The molecule has 0 fully saturated rings. The van der Waals surface area contributed by atoms with Crippen molar-refractivity contribution in [1.82, 2.24) is 0 Å². The van der Waals surface area contributed by atoms with Gasteiger partial charge in [0.25, 0.3) is 0 Å². The van der Waals surface area contributed by atoms with Crippen LogP contribution >= 0.6 is 0 Å². The molecule has 0 amide bonds. The highest BCUT2D eigenvalue weighted by Crippen LogP contribution is 2.21. The summed E-state index contributed by atoms with van der Waals surface area (Å²) < 4.78 is 0. The molecule has 4 nitrogen and oxygen atoms in total. The Hall–Kier alpha value is -2.33. The summed E-state index contributed by atoms with van der Waals surface area (Å²) in [4.78, 5) is 10.7. The number of carboxylic acids is 1. The molecular weight excluding hydrogens is 240 g/mol. The van der Waals surface area contributed by atoms with Crippen molar-refractivity contribution >= 4 is 11.7 Å². The summed E-state index contributed by atoms with van der Waals surface area (Å²) >= 11 is 0. The van der Waals surface area contributed by atoms with Gasteiger partial charge in [0.2, 0.25) is 0 Å². The normalized spacial score (nSPS) is 12.1. The maximum atomic E-state index is 10.7. The number of carboxylic acid groups (broad SMARTS) is 1. The molecule has 19 heavy (non-hydrogen) atoms. The maximum absolute atomic E-state index is 10.7. The van der Waals surface area contributed by atoms with E-state index in [0.29, 0.717) is 6.42 Å². The average molecular weight is 256 g/mol. The number of anilines is 1. The fourth-order valence-electron chi connectivity index (χ4n) is 1.85. The van der Waals surface area contributed by atoms with E-state index in [9.17, 15) is 4.79 Å². The second-order valence-corrected chi connectivity index (χ2v) is 4.47. The minimum absolute atomic E-state index is 0.331. The molecule has 1 atom stereocenters. The van der Waals surface area contributed by atoms with Crippen LogP contribution in [0.2, 0.25) is 0 Å². The lowest BCUT2D eigenvalue weighted by Gasteiger charge is -2.08. The van der Waals surface area contributed by atoms with Crippen molar-refractivity contribution in [2.45, 2.75) is 12.5 Å². The summed E-state index contributed by atoms with van der Waals surface area (Å²) in [6.45, 7) is 0. The highest BCUT2D eigenvalue weighted by Gasteiger charge is 2.11. The molecule has 0 saturated carbocycles. The van der Waals surface area contributed by atoms with E-state index in [2.05, 4.69) is 0 Å². The molecule has 2 aromatic rings. The van der Waals surface area contributed by atoms with Gasteiger partial charge in [-0.15, -0.1) is 0 Å². The number of benzene rings is 2. The fraction of sp³-hybridized carbons (Fsp3) is 0.133.